The minimum atomic E-state index is -0.415. The van der Waals surface area contributed by atoms with Gasteiger partial charge in [-0.15, -0.1) is 0 Å². The first-order valence-corrected chi connectivity index (χ1v) is 10.7. The largest absolute Gasteiger partial charge is 0.462 e. The molecule has 0 unspecified atom stereocenters. The fourth-order valence-electron chi connectivity index (χ4n) is 3.65. The van der Waals surface area contributed by atoms with E-state index in [1.807, 2.05) is 37.3 Å². The summed E-state index contributed by atoms with van der Waals surface area (Å²) in [5.41, 5.74) is 3.39. The number of carbonyl (C=O) groups excluding carboxylic acids is 2. The van der Waals surface area contributed by atoms with Gasteiger partial charge in [-0.3, -0.25) is 14.2 Å². The van der Waals surface area contributed by atoms with Crippen molar-refractivity contribution in [1.29, 1.82) is 0 Å². The molecule has 168 valence electrons. The average molecular weight is 444 g/mol. The van der Waals surface area contributed by atoms with Gasteiger partial charge in [-0.2, -0.15) is 0 Å². The summed E-state index contributed by atoms with van der Waals surface area (Å²) in [6.07, 6.45) is 3.32. The van der Waals surface area contributed by atoms with E-state index in [0.29, 0.717) is 35.4 Å². The van der Waals surface area contributed by atoms with Crippen molar-refractivity contribution in [3.63, 3.8) is 0 Å². The Bertz CT molecular complexity index is 1360. The number of esters is 1. The highest BCUT2D eigenvalue weighted by molar-refractivity contribution is 5.96. The molecule has 0 atom stereocenters. The number of hydrogen-bond donors (Lipinski definition) is 1. The second-order valence-electron chi connectivity index (χ2n) is 7.42. The van der Waals surface area contributed by atoms with E-state index in [1.165, 1.54) is 10.9 Å². The van der Waals surface area contributed by atoms with E-state index in [1.54, 1.807) is 42.0 Å². The number of fused-ring (bicyclic) bond motifs is 1. The van der Waals surface area contributed by atoms with Crippen LogP contribution in [-0.4, -0.2) is 32.6 Å². The maximum Gasteiger partial charge on any atom is 0.338 e. The summed E-state index contributed by atoms with van der Waals surface area (Å²) in [6.45, 7) is 4.32. The number of ether oxygens (including phenoxy) is 1. The van der Waals surface area contributed by atoms with Gasteiger partial charge in [0.05, 0.1) is 18.5 Å². The zero-order valence-corrected chi connectivity index (χ0v) is 18.4. The zero-order valence-electron chi connectivity index (χ0n) is 18.4. The van der Waals surface area contributed by atoms with Crippen LogP contribution in [0, 0.1) is 0 Å². The molecule has 2 aromatic heterocycles. The molecule has 0 saturated heterocycles. The molecule has 2 heterocycles. The monoisotopic (exact) mass is 444 g/mol. The van der Waals surface area contributed by atoms with E-state index < -0.39 is 5.97 Å². The third-order valence-corrected chi connectivity index (χ3v) is 5.26. The van der Waals surface area contributed by atoms with Crippen LogP contribution in [0.4, 0.5) is 5.69 Å². The third-order valence-electron chi connectivity index (χ3n) is 5.26. The Morgan fingerprint density at radius 1 is 1.00 bits per heavy atom. The fourth-order valence-corrected chi connectivity index (χ4v) is 3.65. The summed E-state index contributed by atoms with van der Waals surface area (Å²) in [5.74, 6) is -0.718. The molecule has 0 fully saturated rings. The van der Waals surface area contributed by atoms with Crippen molar-refractivity contribution in [1.82, 2.24) is 14.1 Å². The van der Waals surface area contributed by atoms with Crippen molar-refractivity contribution in [3.8, 4) is 11.1 Å². The molecule has 4 rings (SSSR count). The van der Waals surface area contributed by atoms with E-state index >= 15 is 0 Å². The van der Waals surface area contributed by atoms with Crippen molar-refractivity contribution in [2.24, 2.45) is 0 Å². The first-order valence-electron chi connectivity index (χ1n) is 10.7. The summed E-state index contributed by atoms with van der Waals surface area (Å²) < 4.78 is 8.12. The second-order valence-corrected chi connectivity index (χ2v) is 7.42. The number of rotatable bonds is 7. The van der Waals surface area contributed by atoms with E-state index in [-0.39, 0.29) is 18.0 Å². The Labute approximate surface area is 190 Å². The second kappa shape index (κ2) is 9.52. The van der Waals surface area contributed by atoms with Crippen LogP contribution in [-0.2, 0) is 22.6 Å². The maximum atomic E-state index is 13.0. The van der Waals surface area contributed by atoms with E-state index in [0.717, 1.165) is 11.1 Å². The number of carbonyl (C=O) groups is 2. The van der Waals surface area contributed by atoms with Gasteiger partial charge in [0.1, 0.15) is 17.6 Å². The number of aromatic nitrogens is 3. The normalized spacial score (nSPS) is 10.8. The summed E-state index contributed by atoms with van der Waals surface area (Å²) >= 11 is 0. The molecule has 0 spiro atoms. The Balaban J connectivity index is 1.63. The van der Waals surface area contributed by atoms with Crippen LogP contribution in [0.2, 0.25) is 0 Å². The minimum absolute atomic E-state index is 0.0619. The molecular formula is C25H24N4O4. The smallest absolute Gasteiger partial charge is 0.338 e. The molecule has 0 radical (unpaired) electrons. The Morgan fingerprint density at radius 3 is 2.39 bits per heavy atom. The molecule has 4 aromatic rings. The highest BCUT2D eigenvalue weighted by Gasteiger charge is 2.18. The van der Waals surface area contributed by atoms with E-state index in [2.05, 4.69) is 10.3 Å². The molecule has 1 amide bonds. The molecule has 0 aliphatic rings. The Kier molecular flexibility index (Phi) is 6.35. The van der Waals surface area contributed by atoms with E-state index in [4.69, 9.17) is 4.74 Å². The average Bonchev–Trinajstić information content (AvgIpc) is 3.19. The predicted octanol–water partition coefficient (Wildman–Crippen LogP) is 3.70. The Morgan fingerprint density at radius 2 is 1.73 bits per heavy atom. The Hall–Kier alpha value is -4.20. The molecule has 33 heavy (non-hydrogen) atoms. The molecular weight excluding hydrogens is 420 g/mol. The molecule has 0 bridgehead atoms. The van der Waals surface area contributed by atoms with Gasteiger partial charge in [0.25, 0.3) is 5.56 Å². The zero-order chi connectivity index (χ0) is 23.4. The lowest BCUT2D eigenvalue weighted by Gasteiger charge is -2.09. The molecule has 8 heteroatoms. The standard InChI is InChI=1S/C25H24N4O4/c1-3-28-16-26-22-20(17-8-6-5-7-9-17)14-29(23(22)24(28)31)15-21(30)27-19-12-10-18(11-13-19)25(32)33-4-2/h5-14,16H,3-4,15H2,1-2H3,(H,27,30). The first-order chi connectivity index (χ1) is 16.0. The van der Waals surface area contributed by atoms with Gasteiger partial charge >= 0.3 is 5.97 Å². The van der Waals surface area contributed by atoms with Gasteiger partial charge in [0.15, 0.2) is 0 Å². The van der Waals surface area contributed by atoms with Crippen molar-refractivity contribution >= 4 is 28.6 Å². The van der Waals surface area contributed by atoms with E-state index in [9.17, 15) is 14.4 Å². The van der Waals surface area contributed by atoms with Crippen LogP contribution < -0.4 is 10.9 Å². The van der Waals surface area contributed by atoms with Gasteiger partial charge in [-0.05, 0) is 43.7 Å². The number of anilines is 1. The molecule has 0 aliphatic heterocycles. The number of hydrogen-bond acceptors (Lipinski definition) is 5. The molecule has 2 aromatic carbocycles. The van der Waals surface area contributed by atoms with Crippen LogP contribution in [0.5, 0.6) is 0 Å². The number of nitrogens with one attached hydrogen (secondary N) is 1. The highest BCUT2D eigenvalue weighted by Crippen LogP contribution is 2.27. The molecule has 1 N–H and O–H groups in total. The first kappa shape index (κ1) is 22.0. The van der Waals surface area contributed by atoms with Crippen molar-refractivity contribution < 1.29 is 14.3 Å². The molecule has 8 nitrogen and oxygen atoms in total. The van der Waals surface area contributed by atoms with Crippen LogP contribution >= 0.6 is 0 Å². The van der Waals surface area contributed by atoms with Gasteiger partial charge in [-0.25, -0.2) is 9.78 Å². The quantitative estimate of drug-likeness (QED) is 0.439. The van der Waals surface area contributed by atoms with Crippen LogP contribution in [0.15, 0.2) is 71.9 Å². The lowest BCUT2D eigenvalue weighted by atomic mass is 10.1. The number of benzene rings is 2. The van der Waals surface area contributed by atoms with Gasteiger partial charge in [-0.1, -0.05) is 30.3 Å². The number of aryl methyl sites for hydroxylation is 1. The fraction of sp³-hybridized carbons (Fsp3) is 0.200. The maximum absolute atomic E-state index is 13.0. The van der Waals surface area contributed by atoms with Gasteiger partial charge < -0.3 is 14.6 Å². The van der Waals surface area contributed by atoms with Crippen LogP contribution in [0.3, 0.4) is 0 Å². The summed E-state index contributed by atoms with van der Waals surface area (Å²) in [6, 6.07) is 16.1. The van der Waals surface area contributed by atoms with Crippen molar-refractivity contribution in [2.45, 2.75) is 26.9 Å². The predicted molar refractivity (Wildman–Crippen MR) is 126 cm³/mol. The minimum Gasteiger partial charge on any atom is -0.462 e. The molecule has 0 saturated carbocycles. The highest BCUT2D eigenvalue weighted by atomic mass is 16.5. The third kappa shape index (κ3) is 4.55. The van der Waals surface area contributed by atoms with Gasteiger partial charge in [0, 0.05) is 24.0 Å². The van der Waals surface area contributed by atoms with Gasteiger partial charge in [0.2, 0.25) is 5.91 Å². The summed E-state index contributed by atoms with van der Waals surface area (Å²) in [4.78, 5) is 42.2. The number of amides is 1. The lowest BCUT2D eigenvalue weighted by Crippen LogP contribution is -2.24. The number of nitrogens with zero attached hydrogens (tertiary/aromatic N) is 3. The van der Waals surface area contributed by atoms with Crippen LogP contribution in [0.25, 0.3) is 22.2 Å². The van der Waals surface area contributed by atoms with Crippen LogP contribution in [0.1, 0.15) is 24.2 Å². The summed E-state index contributed by atoms with van der Waals surface area (Å²) in [5, 5.41) is 2.81. The SMILES string of the molecule is CCOC(=O)c1ccc(NC(=O)Cn2cc(-c3ccccc3)c3ncn(CC)c(=O)c32)cc1. The molecule has 0 aliphatic carbocycles. The topological polar surface area (TPSA) is 95.2 Å². The lowest BCUT2D eigenvalue weighted by molar-refractivity contribution is -0.116. The summed E-state index contributed by atoms with van der Waals surface area (Å²) in [7, 11) is 0. The van der Waals surface area contributed by atoms with Crippen molar-refractivity contribution in [2.75, 3.05) is 11.9 Å². The van der Waals surface area contributed by atoms with Crippen molar-refractivity contribution in [3.05, 3.63) is 83.0 Å².